The molecule has 0 radical (unpaired) electrons. The van der Waals surface area contributed by atoms with Crippen LogP contribution in [0.1, 0.15) is 16.8 Å². The van der Waals surface area contributed by atoms with Gasteiger partial charge in [-0.15, -0.1) is 0 Å². The molecule has 124 valence electrons. The quantitative estimate of drug-likeness (QED) is 0.719. The van der Waals surface area contributed by atoms with Crippen LogP contribution >= 0.6 is 0 Å². The molecule has 0 saturated carbocycles. The Morgan fingerprint density at radius 1 is 1.08 bits per heavy atom. The maximum Gasteiger partial charge on any atom is 0.431 e. The second kappa shape index (κ2) is 6.03. The molecule has 1 heterocycles. The number of carbonyl (C=O) groups excluding carboxylic acids is 1. The summed E-state index contributed by atoms with van der Waals surface area (Å²) in [5, 5.41) is 3.11. The average molecular weight is 332 g/mol. The van der Waals surface area contributed by atoms with E-state index in [4.69, 9.17) is 0 Å². The molecule has 0 saturated heterocycles. The van der Waals surface area contributed by atoms with E-state index >= 15 is 0 Å². The Hall–Kier alpha value is -2.76. The summed E-state index contributed by atoms with van der Waals surface area (Å²) in [4.78, 5) is 14.4. The molecule has 0 fully saturated rings. The first-order chi connectivity index (χ1) is 11.3. The van der Waals surface area contributed by atoms with Gasteiger partial charge in [0.2, 0.25) is 5.91 Å². The minimum atomic E-state index is -4.42. The summed E-state index contributed by atoms with van der Waals surface area (Å²) >= 11 is 0. The highest BCUT2D eigenvalue weighted by atomic mass is 19.4. The van der Waals surface area contributed by atoms with Crippen LogP contribution in [0.15, 0.2) is 48.5 Å². The van der Waals surface area contributed by atoms with E-state index in [1.165, 1.54) is 12.1 Å². The van der Waals surface area contributed by atoms with Crippen LogP contribution < -0.4 is 5.32 Å². The van der Waals surface area contributed by atoms with Crippen molar-refractivity contribution in [3.8, 4) is 0 Å². The van der Waals surface area contributed by atoms with Gasteiger partial charge in [-0.05, 0) is 36.8 Å². The van der Waals surface area contributed by atoms with E-state index in [9.17, 15) is 18.0 Å². The first-order valence-electron chi connectivity index (χ1n) is 7.36. The molecule has 24 heavy (non-hydrogen) atoms. The van der Waals surface area contributed by atoms with Gasteiger partial charge in [-0.25, -0.2) is 0 Å². The molecule has 1 amide bonds. The predicted molar refractivity (Wildman–Crippen MR) is 86.8 cm³/mol. The lowest BCUT2D eigenvalue weighted by molar-refractivity contribution is -0.140. The molecule has 1 aromatic heterocycles. The Balaban J connectivity index is 1.74. The topological polar surface area (TPSA) is 44.9 Å². The van der Waals surface area contributed by atoms with E-state index in [1.807, 2.05) is 31.2 Å². The zero-order chi connectivity index (χ0) is 17.3. The van der Waals surface area contributed by atoms with Crippen LogP contribution in [0.5, 0.6) is 0 Å². The summed E-state index contributed by atoms with van der Waals surface area (Å²) in [5.41, 5.74) is 2.02. The smallest absolute Gasteiger partial charge is 0.351 e. The molecule has 0 unspecified atom stereocenters. The van der Waals surface area contributed by atoms with E-state index in [-0.39, 0.29) is 12.3 Å². The minimum absolute atomic E-state index is 0.208. The van der Waals surface area contributed by atoms with Crippen LogP contribution in [-0.4, -0.2) is 10.9 Å². The predicted octanol–water partition coefficient (Wildman–Crippen LogP) is 4.68. The first-order valence-corrected chi connectivity index (χ1v) is 7.36. The van der Waals surface area contributed by atoms with Gasteiger partial charge in [0.25, 0.3) is 0 Å². The maximum atomic E-state index is 12.7. The van der Waals surface area contributed by atoms with Crippen molar-refractivity contribution in [2.45, 2.75) is 19.5 Å². The molecule has 0 aliphatic carbocycles. The molecular formula is C18H15F3N2O. The highest BCUT2D eigenvalue weighted by Crippen LogP contribution is 2.31. The summed E-state index contributed by atoms with van der Waals surface area (Å²) in [6.45, 7) is 1.96. The van der Waals surface area contributed by atoms with Crippen LogP contribution in [0.25, 0.3) is 10.9 Å². The average Bonchev–Trinajstić information content (AvgIpc) is 2.93. The molecule has 0 aliphatic heterocycles. The zero-order valence-electron chi connectivity index (χ0n) is 12.9. The number of hydrogen-bond acceptors (Lipinski definition) is 1. The van der Waals surface area contributed by atoms with Crippen LogP contribution in [-0.2, 0) is 17.4 Å². The van der Waals surface area contributed by atoms with Crippen molar-refractivity contribution in [1.82, 2.24) is 4.98 Å². The molecule has 0 aliphatic rings. The van der Waals surface area contributed by atoms with Crippen molar-refractivity contribution < 1.29 is 18.0 Å². The number of rotatable bonds is 3. The molecule has 3 rings (SSSR count). The second-order valence-corrected chi connectivity index (χ2v) is 5.69. The summed E-state index contributed by atoms with van der Waals surface area (Å²) in [5.74, 6) is -0.218. The van der Waals surface area contributed by atoms with Gasteiger partial charge in [-0.3, -0.25) is 4.79 Å². The van der Waals surface area contributed by atoms with Gasteiger partial charge in [0, 0.05) is 16.6 Å². The van der Waals surface area contributed by atoms with Gasteiger partial charge in [-0.1, -0.05) is 29.8 Å². The Morgan fingerprint density at radius 2 is 1.79 bits per heavy atom. The number of carbonyl (C=O) groups is 1. The SMILES string of the molecule is Cc1ccc(CC(=O)Nc2ccc3[nH]c(C(F)(F)F)cc3c2)cc1. The van der Waals surface area contributed by atoms with Crippen molar-refractivity contribution in [2.75, 3.05) is 5.32 Å². The normalized spacial score (nSPS) is 11.7. The van der Waals surface area contributed by atoms with Crippen molar-refractivity contribution in [3.05, 3.63) is 65.4 Å². The first kappa shape index (κ1) is 16.1. The third-order valence-electron chi connectivity index (χ3n) is 3.70. The summed E-state index contributed by atoms with van der Waals surface area (Å²) in [7, 11) is 0. The van der Waals surface area contributed by atoms with Gasteiger partial charge in [0.1, 0.15) is 5.69 Å². The molecule has 6 heteroatoms. The lowest BCUT2D eigenvalue weighted by Crippen LogP contribution is -2.14. The van der Waals surface area contributed by atoms with Crippen molar-refractivity contribution in [2.24, 2.45) is 0 Å². The monoisotopic (exact) mass is 332 g/mol. The highest BCUT2D eigenvalue weighted by molar-refractivity contribution is 5.95. The van der Waals surface area contributed by atoms with Crippen LogP contribution in [0, 0.1) is 6.92 Å². The number of nitrogens with one attached hydrogen (secondary N) is 2. The Labute approximate surface area is 136 Å². The number of aromatic nitrogens is 1. The second-order valence-electron chi connectivity index (χ2n) is 5.69. The Morgan fingerprint density at radius 3 is 2.46 bits per heavy atom. The number of alkyl halides is 3. The van der Waals surface area contributed by atoms with E-state index in [1.54, 1.807) is 6.07 Å². The lowest BCUT2D eigenvalue weighted by Gasteiger charge is -2.06. The van der Waals surface area contributed by atoms with E-state index in [0.29, 0.717) is 16.6 Å². The minimum Gasteiger partial charge on any atom is -0.351 e. The van der Waals surface area contributed by atoms with Gasteiger partial charge in [-0.2, -0.15) is 13.2 Å². The number of H-pyrrole nitrogens is 1. The van der Waals surface area contributed by atoms with Gasteiger partial charge in [0.15, 0.2) is 0 Å². The number of halogens is 3. The Bertz CT molecular complexity index is 879. The van der Waals surface area contributed by atoms with Crippen LogP contribution in [0.4, 0.5) is 18.9 Å². The van der Waals surface area contributed by atoms with Crippen molar-refractivity contribution in [1.29, 1.82) is 0 Å². The van der Waals surface area contributed by atoms with Crippen LogP contribution in [0.2, 0.25) is 0 Å². The summed E-state index contributed by atoms with van der Waals surface area (Å²) in [6.07, 6.45) is -4.22. The van der Waals surface area contributed by atoms with Crippen molar-refractivity contribution >= 4 is 22.5 Å². The zero-order valence-corrected chi connectivity index (χ0v) is 12.9. The van der Waals surface area contributed by atoms with Gasteiger partial charge < -0.3 is 10.3 Å². The molecule has 0 spiro atoms. The van der Waals surface area contributed by atoms with E-state index < -0.39 is 11.9 Å². The van der Waals surface area contributed by atoms with Gasteiger partial charge >= 0.3 is 6.18 Å². The number of anilines is 1. The number of hydrogen-bond donors (Lipinski definition) is 2. The molecular weight excluding hydrogens is 317 g/mol. The number of fused-ring (bicyclic) bond motifs is 1. The Kier molecular flexibility index (Phi) is 4.05. The van der Waals surface area contributed by atoms with Crippen LogP contribution in [0.3, 0.4) is 0 Å². The maximum absolute atomic E-state index is 12.7. The summed E-state index contributed by atoms with van der Waals surface area (Å²) in [6, 6.07) is 13.2. The van der Waals surface area contributed by atoms with Gasteiger partial charge in [0.05, 0.1) is 6.42 Å². The fraction of sp³-hybridized carbons (Fsp3) is 0.167. The van der Waals surface area contributed by atoms with Crippen molar-refractivity contribution in [3.63, 3.8) is 0 Å². The number of aryl methyl sites for hydroxylation is 1. The van der Waals surface area contributed by atoms with E-state index in [2.05, 4.69) is 10.3 Å². The molecule has 3 nitrogen and oxygen atoms in total. The summed E-state index contributed by atoms with van der Waals surface area (Å²) < 4.78 is 38.1. The van der Waals surface area contributed by atoms with E-state index in [0.717, 1.165) is 17.2 Å². The third-order valence-corrected chi connectivity index (χ3v) is 3.70. The third kappa shape index (κ3) is 3.59. The highest BCUT2D eigenvalue weighted by Gasteiger charge is 2.32. The standard InChI is InChI=1S/C18H15F3N2O/c1-11-2-4-12(5-3-11)8-17(24)22-14-6-7-15-13(9-14)10-16(23-15)18(19,20)21/h2-7,9-10,23H,8H2,1H3,(H,22,24). The largest absolute Gasteiger partial charge is 0.431 e. The molecule has 0 atom stereocenters. The molecule has 2 aromatic carbocycles. The fourth-order valence-electron chi connectivity index (χ4n) is 2.46. The molecule has 2 N–H and O–H groups in total. The molecule has 3 aromatic rings. The number of amides is 1. The lowest BCUT2D eigenvalue weighted by atomic mass is 10.1. The molecule has 0 bridgehead atoms. The number of benzene rings is 2. The number of aromatic amines is 1. The fourth-order valence-corrected chi connectivity index (χ4v) is 2.46.